The molecule has 3 rings (SSSR count). The molecule has 0 radical (unpaired) electrons. The van der Waals surface area contributed by atoms with Crippen LogP contribution in [0.1, 0.15) is 42.5 Å². The molecule has 0 saturated carbocycles. The highest BCUT2D eigenvalue weighted by molar-refractivity contribution is 6.31. The Morgan fingerprint density at radius 1 is 1.37 bits per heavy atom. The van der Waals surface area contributed by atoms with Crippen molar-refractivity contribution in [2.45, 2.75) is 39.3 Å². The van der Waals surface area contributed by atoms with E-state index in [2.05, 4.69) is 15.5 Å². The number of amides is 2. The number of aromatic amines is 1. The lowest BCUT2D eigenvalue weighted by Crippen LogP contribution is -2.40. The third-order valence-electron chi connectivity index (χ3n) is 3.98. The van der Waals surface area contributed by atoms with Gasteiger partial charge in [-0.3, -0.25) is 9.89 Å². The third kappa shape index (κ3) is 4.39. The Balaban J connectivity index is 1.76. The zero-order valence-electron chi connectivity index (χ0n) is 15.2. The average molecular weight is 395 g/mol. The molecule has 2 heterocycles. The van der Waals surface area contributed by atoms with Gasteiger partial charge in [0.25, 0.3) is 5.91 Å². The number of hydrogen-bond donors (Lipinski definition) is 2. The van der Waals surface area contributed by atoms with Crippen molar-refractivity contribution in [3.8, 4) is 0 Å². The largest absolute Gasteiger partial charge is 0.444 e. The number of halogens is 2. The lowest BCUT2D eigenvalue weighted by atomic mass is 10.1. The Hall–Kier alpha value is -2.61. The zero-order valence-corrected chi connectivity index (χ0v) is 16.0. The maximum atomic E-state index is 13.3. The van der Waals surface area contributed by atoms with Crippen molar-refractivity contribution in [2.24, 2.45) is 0 Å². The van der Waals surface area contributed by atoms with Crippen LogP contribution in [-0.2, 0) is 17.7 Å². The molecule has 1 aromatic heterocycles. The van der Waals surface area contributed by atoms with E-state index in [0.29, 0.717) is 24.2 Å². The Labute approximate surface area is 160 Å². The molecule has 0 spiro atoms. The summed E-state index contributed by atoms with van der Waals surface area (Å²) < 4.78 is 18.7. The average Bonchev–Trinajstić information content (AvgIpc) is 3.00. The van der Waals surface area contributed by atoms with Crippen LogP contribution in [0.4, 0.5) is 14.9 Å². The van der Waals surface area contributed by atoms with Crippen LogP contribution >= 0.6 is 11.6 Å². The first-order valence-electron chi connectivity index (χ1n) is 8.44. The molecular formula is C18H20ClFN4O3. The van der Waals surface area contributed by atoms with E-state index in [1.807, 2.05) is 0 Å². The van der Waals surface area contributed by atoms with Gasteiger partial charge in [-0.05, 0) is 39.0 Å². The highest BCUT2D eigenvalue weighted by Crippen LogP contribution is 2.24. The number of fused-ring (bicyclic) bond motifs is 1. The van der Waals surface area contributed by atoms with Crippen molar-refractivity contribution < 1.29 is 18.7 Å². The molecule has 0 unspecified atom stereocenters. The Kier molecular flexibility index (Phi) is 5.10. The Morgan fingerprint density at radius 3 is 2.78 bits per heavy atom. The van der Waals surface area contributed by atoms with E-state index in [9.17, 15) is 14.0 Å². The second-order valence-electron chi connectivity index (χ2n) is 7.26. The monoisotopic (exact) mass is 394 g/mol. The highest BCUT2D eigenvalue weighted by atomic mass is 35.5. The van der Waals surface area contributed by atoms with Crippen molar-refractivity contribution in [1.29, 1.82) is 0 Å². The second kappa shape index (κ2) is 7.19. The van der Waals surface area contributed by atoms with Crippen molar-refractivity contribution in [3.05, 3.63) is 46.0 Å². The molecular weight excluding hydrogens is 375 g/mol. The second-order valence-corrected chi connectivity index (χ2v) is 7.67. The fourth-order valence-corrected chi connectivity index (χ4v) is 2.91. The Morgan fingerprint density at radius 2 is 2.11 bits per heavy atom. The highest BCUT2D eigenvalue weighted by Gasteiger charge is 2.30. The van der Waals surface area contributed by atoms with Gasteiger partial charge in [0.05, 0.1) is 11.6 Å². The quantitative estimate of drug-likeness (QED) is 0.812. The van der Waals surface area contributed by atoms with Crippen molar-refractivity contribution >= 4 is 29.3 Å². The number of carbonyl (C=O) groups excluding carboxylic acids is 2. The molecule has 1 aliphatic rings. The van der Waals surface area contributed by atoms with E-state index in [1.165, 1.54) is 23.1 Å². The number of carbonyl (C=O) groups is 2. The summed E-state index contributed by atoms with van der Waals surface area (Å²) in [5, 5.41) is 9.47. The van der Waals surface area contributed by atoms with Crippen LogP contribution in [-0.4, -0.2) is 39.2 Å². The lowest BCUT2D eigenvalue weighted by Gasteiger charge is -2.30. The summed E-state index contributed by atoms with van der Waals surface area (Å²) in [6.45, 7) is 6.08. The van der Waals surface area contributed by atoms with Gasteiger partial charge < -0.3 is 15.0 Å². The molecule has 9 heteroatoms. The molecule has 0 bridgehead atoms. The zero-order chi connectivity index (χ0) is 19.8. The normalized spacial score (nSPS) is 13.9. The van der Waals surface area contributed by atoms with Crippen LogP contribution < -0.4 is 5.32 Å². The molecule has 7 nitrogen and oxygen atoms in total. The van der Waals surface area contributed by atoms with Crippen LogP contribution in [0.3, 0.4) is 0 Å². The number of aromatic nitrogens is 2. The van der Waals surface area contributed by atoms with Gasteiger partial charge >= 0.3 is 6.09 Å². The number of nitrogens with one attached hydrogen (secondary N) is 2. The molecule has 2 N–H and O–H groups in total. The molecule has 144 valence electrons. The fraction of sp³-hybridized carbons (Fsp3) is 0.389. The van der Waals surface area contributed by atoms with Gasteiger partial charge in [-0.1, -0.05) is 11.6 Å². The van der Waals surface area contributed by atoms with Crippen molar-refractivity contribution in [1.82, 2.24) is 15.1 Å². The van der Waals surface area contributed by atoms with E-state index in [-0.39, 0.29) is 17.3 Å². The predicted octanol–water partition coefficient (Wildman–Crippen LogP) is 3.75. The van der Waals surface area contributed by atoms with Gasteiger partial charge in [-0.25, -0.2) is 9.18 Å². The fourth-order valence-electron chi connectivity index (χ4n) is 2.73. The minimum absolute atomic E-state index is 0.0899. The minimum atomic E-state index is -0.601. The summed E-state index contributed by atoms with van der Waals surface area (Å²) in [4.78, 5) is 26.4. The number of ether oxygens (including phenoxy) is 1. The first-order valence-corrected chi connectivity index (χ1v) is 8.82. The van der Waals surface area contributed by atoms with Gasteiger partial charge in [0.2, 0.25) is 0 Å². The van der Waals surface area contributed by atoms with E-state index in [0.717, 1.165) is 5.69 Å². The first-order chi connectivity index (χ1) is 12.6. The van der Waals surface area contributed by atoms with Crippen LogP contribution in [0.15, 0.2) is 18.2 Å². The standard InChI is InChI=1S/C18H20ClFN4O3/c1-18(2,3)27-17(26)24-7-6-14-11(9-24)15(23-22-14)16(25)21-10-4-5-13(20)12(19)8-10/h4-5,8H,6-7,9H2,1-3H3,(H,21,25)(H,22,23). The number of nitrogens with zero attached hydrogens (tertiary/aromatic N) is 2. The molecule has 0 aliphatic carbocycles. The van der Waals surface area contributed by atoms with Gasteiger partial charge in [0, 0.05) is 29.9 Å². The predicted molar refractivity (Wildman–Crippen MR) is 98.3 cm³/mol. The Bertz CT molecular complexity index is 891. The van der Waals surface area contributed by atoms with Crippen LogP contribution in [0.25, 0.3) is 0 Å². The topological polar surface area (TPSA) is 87.3 Å². The molecule has 27 heavy (non-hydrogen) atoms. The minimum Gasteiger partial charge on any atom is -0.444 e. The third-order valence-corrected chi connectivity index (χ3v) is 4.27. The molecule has 0 atom stereocenters. The van der Waals surface area contributed by atoms with Crippen LogP contribution in [0.2, 0.25) is 5.02 Å². The van der Waals surface area contributed by atoms with Gasteiger partial charge in [0.15, 0.2) is 5.69 Å². The number of benzene rings is 1. The summed E-state index contributed by atoms with van der Waals surface area (Å²) in [6.07, 6.45) is 0.100. The number of H-pyrrole nitrogens is 1. The van der Waals surface area contributed by atoms with E-state index < -0.39 is 23.4 Å². The van der Waals surface area contributed by atoms with Crippen molar-refractivity contribution in [2.75, 3.05) is 11.9 Å². The lowest BCUT2D eigenvalue weighted by molar-refractivity contribution is 0.0222. The SMILES string of the molecule is CC(C)(C)OC(=O)N1CCc2[nH]nc(C(=O)Nc3ccc(F)c(Cl)c3)c2C1. The molecule has 2 amide bonds. The van der Waals surface area contributed by atoms with Crippen LogP contribution in [0.5, 0.6) is 0 Å². The molecule has 0 fully saturated rings. The van der Waals surface area contributed by atoms with Gasteiger partial charge in [-0.15, -0.1) is 0 Å². The van der Waals surface area contributed by atoms with Crippen LogP contribution in [0, 0.1) is 5.82 Å². The number of anilines is 1. The van der Waals surface area contributed by atoms with Gasteiger partial charge in [0.1, 0.15) is 11.4 Å². The molecule has 1 aliphatic heterocycles. The molecule has 2 aromatic rings. The number of rotatable bonds is 2. The van der Waals surface area contributed by atoms with Crippen molar-refractivity contribution in [3.63, 3.8) is 0 Å². The maximum absolute atomic E-state index is 13.3. The number of hydrogen-bond acceptors (Lipinski definition) is 4. The smallest absolute Gasteiger partial charge is 0.410 e. The van der Waals surface area contributed by atoms with E-state index in [1.54, 1.807) is 20.8 Å². The first kappa shape index (κ1) is 19.2. The summed E-state index contributed by atoms with van der Waals surface area (Å²) >= 11 is 5.74. The molecule has 1 aromatic carbocycles. The summed E-state index contributed by atoms with van der Waals surface area (Å²) in [5.74, 6) is -1.04. The maximum Gasteiger partial charge on any atom is 0.410 e. The molecule has 0 saturated heterocycles. The summed E-state index contributed by atoms with van der Waals surface area (Å²) in [5.41, 5.74) is 1.37. The van der Waals surface area contributed by atoms with E-state index in [4.69, 9.17) is 16.3 Å². The summed E-state index contributed by atoms with van der Waals surface area (Å²) in [7, 11) is 0. The van der Waals surface area contributed by atoms with Gasteiger partial charge in [-0.2, -0.15) is 5.10 Å². The summed E-state index contributed by atoms with van der Waals surface area (Å²) in [6, 6.07) is 3.90. The van der Waals surface area contributed by atoms with E-state index >= 15 is 0 Å².